The molecule has 0 saturated heterocycles. The molecule has 3 unspecified atom stereocenters. The fourth-order valence-corrected chi connectivity index (χ4v) is 3.70. The van der Waals surface area contributed by atoms with Crippen molar-refractivity contribution in [2.45, 2.75) is 52.2 Å². The average Bonchev–Trinajstić information content (AvgIpc) is 2.36. The zero-order valence-electron chi connectivity index (χ0n) is 13.7. The molecule has 3 atom stereocenters. The van der Waals surface area contributed by atoms with Gasteiger partial charge in [0.1, 0.15) is 5.82 Å². The third-order valence-corrected chi connectivity index (χ3v) is 4.33. The summed E-state index contributed by atoms with van der Waals surface area (Å²) in [5.74, 6) is 0.497. The Hall–Kier alpha value is -0.930. The zero-order chi connectivity index (χ0) is 15.5. The van der Waals surface area contributed by atoms with Gasteiger partial charge in [0, 0.05) is 6.54 Å². The Bertz CT molecular complexity index is 443. The third-order valence-electron chi connectivity index (χ3n) is 4.33. The molecular formula is C18H28FNO. The molecule has 2 rings (SSSR count). The lowest BCUT2D eigenvalue weighted by Crippen LogP contribution is -2.35. The smallest absolute Gasteiger partial charge is 0.123 e. The van der Waals surface area contributed by atoms with Gasteiger partial charge < -0.3 is 10.1 Å². The Balaban J connectivity index is 2.07. The molecule has 1 aromatic rings. The summed E-state index contributed by atoms with van der Waals surface area (Å²) in [5.41, 5.74) is 1.39. The van der Waals surface area contributed by atoms with Crippen LogP contribution in [0.2, 0.25) is 0 Å². The molecule has 2 nitrogen and oxygen atoms in total. The molecule has 118 valence electrons. The molecule has 1 aliphatic carbocycles. The van der Waals surface area contributed by atoms with Crippen LogP contribution in [0.4, 0.5) is 4.39 Å². The summed E-state index contributed by atoms with van der Waals surface area (Å²) in [6, 6.07) is 6.67. The summed E-state index contributed by atoms with van der Waals surface area (Å²) in [6.45, 7) is 7.70. The van der Waals surface area contributed by atoms with E-state index >= 15 is 0 Å². The highest BCUT2D eigenvalue weighted by Crippen LogP contribution is 2.41. The first-order valence-electron chi connectivity index (χ1n) is 7.95. The molecule has 0 aromatic heterocycles. The molecule has 1 aliphatic rings. The predicted octanol–water partition coefficient (Wildman–Crippen LogP) is 4.32. The first-order valence-corrected chi connectivity index (χ1v) is 7.95. The molecule has 1 aromatic carbocycles. The highest BCUT2D eigenvalue weighted by molar-refractivity contribution is 5.19. The van der Waals surface area contributed by atoms with Gasteiger partial charge in [-0.3, -0.25) is 0 Å². The maximum absolute atomic E-state index is 13.1. The predicted molar refractivity (Wildman–Crippen MR) is 84.7 cm³/mol. The van der Waals surface area contributed by atoms with Crippen molar-refractivity contribution >= 4 is 0 Å². The minimum atomic E-state index is -0.200. The van der Waals surface area contributed by atoms with E-state index in [0.29, 0.717) is 11.3 Å². The van der Waals surface area contributed by atoms with Crippen LogP contribution >= 0.6 is 0 Å². The Morgan fingerprint density at radius 2 is 1.95 bits per heavy atom. The SMILES string of the molecule is CNCC(OC1CC(C)CC(C)(C)C1)c1ccc(F)cc1. The van der Waals surface area contributed by atoms with E-state index in [-0.39, 0.29) is 18.0 Å². The molecular weight excluding hydrogens is 265 g/mol. The molecule has 1 N–H and O–H groups in total. The van der Waals surface area contributed by atoms with Gasteiger partial charge in [0.05, 0.1) is 12.2 Å². The quantitative estimate of drug-likeness (QED) is 0.873. The van der Waals surface area contributed by atoms with E-state index in [1.165, 1.54) is 18.6 Å². The van der Waals surface area contributed by atoms with Crippen molar-refractivity contribution in [1.29, 1.82) is 0 Å². The fraction of sp³-hybridized carbons (Fsp3) is 0.667. The molecule has 0 amide bonds. The normalized spacial score (nSPS) is 26.5. The van der Waals surface area contributed by atoms with E-state index in [2.05, 4.69) is 26.1 Å². The van der Waals surface area contributed by atoms with Crippen LogP contribution in [0.25, 0.3) is 0 Å². The van der Waals surface area contributed by atoms with Crippen LogP contribution in [0.15, 0.2) is 24.3 Å². The topological polar surface area (TPSA) is 21.3 Å². The van der Waals surface area contributed by atoms with Crippen LogP contribution in [0.3, 0.4) is 0 Å². The Labute approximate surface area is 128 Å². The molecule has 1 fully saturated rings. The van der Waals surface area contributed by atoms with Crippen molar-refractivity contribution in [3.8, 4) is 0 Å². The van der Waals surface area contributed by atoms with Gasteiger partial charge in [-0.2, -0.15) is 0 Å². The standard InChI is InChI=1S/C18H28FNO/c1-13-9-16(11-18(2,3)10-13)21-17(12-20-4)14-5-7-15(19)8-6-14/h5-8,13,16-17,20H,9-12H2,1-4H3. The minimum Gasteiger partial charge on any atom is -0.369 e. The van der Waals surface area contributed by atoms with Crippen LogP contribution in [-0.2, 0) is 4.74 Å². The number of hydrogen-bond acceptors (Lipinski definition) is 2. The second-order valence-corrected chi connectivity index (χ2v) is 7.27. The zero-order valence-corrected chi connectivity index (χ0v) is 13.7. The number of halogens is 1. The van der Waals surface area contributed by atoms with E-state index < -0.39 is 0 Å². The second kappa shape index (κ2) is 6.89. The van der Waals surface area contributed by atoms with E-state index in [9.17, 15) is 4.39 Å². The van der Waals surface area contributed by atoms with Gasteiger partial charge in [0.2, 0.25) is 0 Å². The Kier molecular flexibility index (Phi) is 5.39. The van der Waals surface area contributed by atoms with Crippen LogP contribution < -0.4 is 5.32 Å². The maximum atomic E-state index is 13.1. The van der Waals surface area contributed by atoms with Gasteiger partial charge in [-0.25, -0.2) is 4.39 Å². The largest absolute Gasteiger partial charge is 0.369 e. The number of ether oxygens (including phenoxy) is 1. The summed E-state index contributed by atoms with van der Waals surface area (Å²) in [5, 5.41) is 3.18. The van der Waals surface area contributed by atoms with E-state index in [1.807, 2.05) is 19.2 Å². The van der Waals surface area contributed by atoms with Crippen LogP contribution in [0.5, 0.6) is 0 Å². The Morgan fingerprint density at radius 1 is 1.29 bits per heavy atom. The lowest BCUT2D eigenvalue weighted by Gasteiger charge is -2.40. The van der Waals surface area contributed by atoms with Crippen molar-refractivity contribution in [3.05, 3.63) is 35.6 Å². The van der Waals surface area contributed by atoms with Crippen molar-refractivity contribution in [2.75, 3.05) is 13.6 Å². The van der Waals surface area contributed by atoms with Gasteiger partial charge >= 0.3 is 0 Å². The van der Waals surface area contributed by atoms with Crippen LogP contribution in [0.1, 0.15) is 51.7 Å². The minimum absolute atomic E-state index is 0.0123. The van der Waals surface area contributed by atoms with Gasteiger partial charge in [0.25, 0.3) is 0 Å². The van der Waals surface area contributed by atoms with Gasteiger partial charge in [0.15, 0.2) is 0 Å². The molecule has 3 heteroatoms. The summed E-state index contributed by atoms with van der Waals surface area (Å²) in [7, 11) is 1.92. The van der Waals surface area contributed by atoms with Crippen LogP contribution in [-0.4, -0.2) is 19.7 Å². The van der Waals surface area contributed by atoms with E-state index in [0.717, 1.165) is 24.9 Å². The lowest BCUT2D eigenvalue weighted by atomic mass is 9.71. The number of likely N-dealkylation sites (N-methyl/N-ethyl adjacent to an activating group) is 1. The molecule has 0 radical (unpaired) electrons. The third kappa shape index (κ3) is 4.79. The molecule has 0 spiro atoms. The highest BCUT2D eigenvalue weighted by Gasteiger charge is 2.33. The summed E-state index contributed by atoms with van der Waals surface area (Å²) >= 11 is 0. The monoisotopic (exact) mass is 293 g/mol. The number of hydrogen-bond donors (Lipinski definition) is 1. The summed E-state index contributed by atoms with van der Waals surface area (Å²) in [4.78, 5) is 0. The molecule has 21 heavy (non-hydrogen) atoms. The van der Waals surface area contributed by atoms with Crippen molar-refractivity contribution < 1.29 is 9.13 Å². The van der Waals surface area contributed by atoms with Crippen molar-refractivity contribution in [1.82, 2.24) is 5.32 Å². The number of rotatable bonds is 5. The molecule has 1 saturated carbocycles. The average molecular weight is 293 g/mol. The first-order chi connectivity index (χ1) is 9.89. The Morgan fingerprint density at radius 3 is 2.52 bits per heavy atom. The van der Waals surface area contributed by atoms with E-state index in [1.54, 1.807) is 0 Å². The molecule has 0 aliphatic heterocycles. The highest BCUT2D eigenvalue weighted by atomic mass is 19.1. The van der Waals surface area contributed by atoms with Gasteiger partial charge in [-0.05, 0) is 55.3 Å². The fourth-order valence-electron chi connectivity index (χ4n) is 3.70. The lowest BCUT2D eigenvalue weighted by molar-refractivity contribution is -0.0656. The number of benzene rings is 1. The summed E-state index contributed by atoms with van der Waals surface area (Å²) < 4.78 is 19.5. The van der Waals surface area contributed by atoms with Crippen molar-refractivity contribution in [3.63, 3.8) is 0 Å². The second-order valence-electron chi connectivity index (χ2n) is 7.27. The number of nitrogens with one attached hydrogen (secondary N) is 1. The molecule has 0 bridgehead atoms. The maximum Gasteiger partial charge on any atom is 0.123 e. The summed E-state index contributed by atoms with van der Waals surface area (Å²) in [6.07, 6.45) is 3.75. The first kappa shape index (κ1) is 16.4. The van der Waals surface area contributed by atoms with Crippen molar-refractivity contribution in [2.24, 2.45) is 11.3 Å². The van der Waals surface area contributed by atoms with E-state index in [4.69, 9.17) is 4.74 Å². The molecule has 0 heterocycles. The van der Waals surface area contributed by atoms with Crippen LogP contribution in [0, 0.1) is 17.2 Å². The van der Waals surface area contributed by atoms with Gasteiger partial charge in [-0.1, -0.05) is 32.9 Å². The van der Waals surface area contributed by atoms with Gasteiger partial charge in [-0.15, -0.1) is 0 Å².